The first kappa shape index (κ1) is 11.9. The maximum Gasteiger partial charge on any atom is 0.186 e. The highest BCUT2D eigenvalue weighted by Gasteiger charge is 2.23. The zero-order valence-electron chi connectivity index (χ0n) is 9.54. The van der Waals surface area contributed by atoms with Crippen LogP contribution in [0, 0.1) is 5.92 Å². The van der Waals surface area contributed by atoms with Crippen LogP contribution >= 0.6 is 11.3 Å². The van der Waals surface area contributed by atoms with E-state index in [1.807, 2.05) is 18.4 Å². The monoisotopic (exact) mass is 228 g/mol. The Bertz CT molecular complexity index is 256. The van der Waals surface area contributed by atoms with Crippen molar-refractivity contribution in [1.82, 2.24) is 0 Å². The van der Waals surface area contributed by atoms with Gasteiger partial charge in [-0.2, -0.15) is 0 Å². The van der Waals surface area contributed by atoms with Crippen molar-refractivity contribution in [3.63, 3.8) is 0 Å². The molecule has 1 rings (SSSR count). The smallest absolute Gasteiger partial charge is 0.186 e. The molecule has 0 N–H and O–H groups in total. The summed E-state index contributed by atoms with van der Waals surface area (Å²) in [6.45, 7) is 6.91. The van der Waals surface area contributed by atoms with E-state index in [0.717, 1.165) is 5.92 Å². The zero-order chi connectivity index (χ0) is 10.6. The van der Waals surface area contributed by atoms with E-state index in [4.69, 9.17) is 4.43 Å². The van der Waals surface area contributed by atoms with Crippen molar-refractivity contribution >= 4 is 19.7 Å². The van der Waals surface area contributed by atoms with E-state index >= 15 is 0 Å². The van der Waals surface area contributed by atoms with E-state index in [2.05, 4.69) is 37.5 Å². The third-order valence-corrected chi connectivity index (χ3v) is 6.21. The number of thiophene rings is 1. The summed E-state index contributed by atoms with van der Waals surface area (Å²) in [6, 6.07) is 5.61. The summed E-state index contributed by atoms with van der Waals surface area (Å²) in [4.78, 5) is 1.50. The third kappa shape index (κ3) is 3.94. The Morgan fingerprint density at radius 1 is 1.50 bits per heavy atom. The SMILES string of the molecule is CO[Si](C)(C)CC(C)Cc1cccs1. The first-order valence-electron chi connectivity index (χ1n) is 5.11. The molecule has 1 aromatic rings. The Labute approximate surface area is 92.2 Å². The van der Waals surface area contributed by atoms with Crippen molar-refractivity contribution in [2.24, 2.45) is 5.92 Å². The van der Waals surface area contributed by atoms with Gasteiger partial charge in [-0.1, -0.05) is 13.0 Å². The molecule has 1 unspecified atom stereocenters. The van der Waals surface area contributed by atoms with E-state index in [0.29, 0.717) is 0 Å². The summed E-state index contributed by atoms with van der Waals surface area (Å²) >= 11 is 1.86. The first-order valence-corrected chi connectivity index (χ1v) is 9.10. The van der Waals surface area contributed by atoms with E-state index in [1.165, 1.54) is 17.3 Å². The first-order chi connectivity index (χ1) is 6.53. The lowest BCUT2D eigenvalue weighted by atomic mass is 10.1. The van der Waals surface area contributed by atoms with Gasteiger partial charge in [0.05, 0.1) is 0 Å². The standard InChI is InChI=1S/C11H20OSSi/c1-10(9-14(3,4)12-2)8-11-6-5-7-13-11/h5-7,10H,8-9H2,1-4H3. The molecule has 80 valence electrons. The molecule has 0 saturated heterocycles. The van der Waals surface area contributed by atoms with E-state index in [1.54, 1.807) is 0 Å². The molecule has 1 nitrogen and oxygen atoms in total. The maximum atomic E-state index is 5.57. The van der Waals surface area contributed by atoms with Crippen LogP contribution in [-0.4, -0.2) is 15.4 Å². The molecule has 0 fully saturated rings. The molecule has 0 bridgehead atoms. The molecule has 0 aliphatic carbocycles. The van der Waals surface area contributed by atoms with Gasteiger partial charge < -0.3 is 4.43 Å². The van der Waals surface area contributed by atoms with Gasteiger partial charge in [0, 0.05) is 12.0 Å². The fourth-order valence-corrected chi connectivity index (χ4v) is 4.63. The highest BCUT2D eigenvalue weighted by atomic mass is 32.1. The fourth-order valence-electron chi connectivity index (χ4n) is 1.77. The van der Waals surface area contributed by atoms with Gasteiger partial charge in [-0.05, 0) is 42.9 Å². The predicted molar refractivity (Wildman–Crippen MR) is 66.5 cm³/mol. The van der Waals surface area contributed by atoms with Gasteiger partial charge in [-0.15, -0.1) is 11.3 Å². The highest BCUT2D eigenvalue weighted by molar-refractivity contribution is 7.09. The molecule has 0 amide bonds. The second kappa shape index (κ2) is 5.10. The lowest BCUT2D eigenvalue weighted by Crippen LogP contribution is -2.31. The average molecular weight is 228 g/mol. The van der Waals surface area contributed by atoms with Crippen LogP contribution in [0.4, 0.5) is 0 Å². The van der Waals surface area contributed by atoms with Crippen molar-refractivity contribution in [3.05, 3.63) is 22.4 Å². The van der Waals surface area contributed by atoms with Gasteiger partial charge in [0.15, 0.2) is 8.32 Å². The molecule has 0 saturated carbocycles. The minimum Gasteiger partial charge on any atom is -0.420 e. The van der Waals surface area contributed by atoms with Crippen LogP contribution in [-0.2, 0) is 10.8 Å². The second-order valence-electron chi connectivity index (χ2n) is 4.56. The van der Waals surface area contributed by atoms with Crippen molar-refractivity contribution in [2.75, 3.05) is 7.11 Å². The number of hydrogen-bond acceptors (Lipinski definition) is 2. The van der Waals surface area contributed by atoms with Gasteiger partial charge >= 0.3 is 0 Å². The minimum absolute atomic E-state index is 0.746. The molecule has 3 heteroatoms. The van der Waals surface area contributed by atoms with Gasteiger partial charge in [-0.3, -0.25) is 0 Å². The third-order valence-electron chi connectivity index (χ3n) is 2.52. The summed E-state index contributed by atoms with van der Waals surface area (Å²) in [7, 11) is 0.482. The normalized spacial score (nSPS) is 14.3. The summed E-state index contributed by atoms with van der Waals surface area (Å²) < 4.78 is 5.57. The lowest BCUT2D eigenvalue weighted by Gasteiger charge is -2.23. The molecule has 1 aromatic heterocycles. The zero-order valence-corrected chi connectivity index (χ0v) is 11.4. The van der Waals surface area contributed by atoms with Gasteiger partial charge in [0.1, 0.15) is 0 Å². The van der Waals surface area contributed by atoms with E-state index in [-0.39, 0.29) is 0 Å². The average Bonchev–Trinajstić information content (AvgIpc) is 2.55. The van der Waals surface area contributed by atoms with Crippen molar-refractivity contribution < 1.29 is 4.43 Å². The Morgan fingerprint density at radius 3 is 2.71 bits per heavy atom. The van der Waals surface area contributed by atoms with Crippen molar-refractivity contribution in [3.8, 4) is 0 Å². The van der Waals surface area contributed by atoms with Crippen LogP contribution in [0.25, 0.3) is 0 Å². The molecular formula is C11H20OSSi. The van der Waals surface area contributed by atoms with Crippen molar-refractivity contribution in [2.45, 2.75) is 32.5 Å². The van der Waals surface area contributed by atoms with Crippen LogP contribution in [0.1, 0.15) is 11.8 Å². The van der Waals surface area contributed by atoms with Crippen LogP contribution in [0.5, 0.6) is 0 Å². The molecule has 0 aliphatic heterocycles. The minimum atomic E-state index is -1.37. The van der Waals surface area contributed by atoms with E-state index in [9.17, 15) is 0 Å². The summed E-state index contributed by atoms with van der Waals surface area (Å²) in [5, 5.41) is 2.15. The van der Waals surface area contributed by atoms with Crippen LogP contribution < -0.4 is 0 Å². The molecule has 0 aromatic carbocycles. The van der Waals surface area contributed by atoms with Gasteiger partial charge in [0.2, 0.25) is 0 Å². The van der Waals surface area contributed by atoms with Gasteiger partial charge in [0.25, 0.3) is 0 Å². The fraction of sp³-hybridized carbons (Fsp3) is 0.636. The molecule has 14 heavy (non-hydrogen) atoms. The maximum absolute atomic E-state index is 5.57. The largest absolute Gasteiger partial charge is 0.420 e. The predicted octanol–water partition coefficient (Wildman–Crippen LogP) is 3.78. The summed E-state index contributed by atoms with van der Waals surface area (Å²) in [5.41, 5.74) is 0. The van der Waals surface area contributed by atoms with E-state index < -0.39 is 8.32 Å². The topological polar surface area (TPSA) is 9.23 Å². The molecule has 0 aliphatic rings. The molecule has 1 atom stereocenters. The Balaban J connectivity index is 2.40. The lowest BCUT2D eigenvalue weighted by molar-refractivity contribution is 0.393. The molecule has 1 heterocycles. The number of hydrogen-bond donors (Lipinski definition) is 0. The van der Waals surface area contributed by atoms with Gasteiger partial charge in [-0.25, -0.2) is 0 Å². The van der Waals surface area contributed by atoms with Crippen LogP contribution in [0.3, 0.4) is 0 Å². The molecule has 0 radical (unpaired) electrons. The van der Waals surface area contributed by atoms with Crippen molar-refractivity contribution in [1.29, 1.82) is 0 Å². The Morgan fingerprint density at radius 2 is 2.21 bits per heavy atom. The Hall–Kier alpha value is -0.123. The second-order valence-corrected chi connectivity index (χ2v) is 9.92. The van der Waals surface area contributed by atoms with Crippen LogP contribution in [0.2, 0.25) is 19.1 Å². The molecular weight excluding hydrogens is 208 g/mol. The summed E-state index contributed by atoms with van der Waals surface area (Å²) in [5.74, 6) is 0.746. The quantitative estimate of drug-likeness (QED) is 0.697. The Kier molecular flexibility index (Phi) is 4.35. The number of rotatable bonds is 5. The molecule has 0 spiro atoms. The highest BCUT2D eigenvalue weighted by Crippen LogP contribution is 2.22. The van der Waals surface area contributed by atoms with Crippen LogP contribution in [0.15, 0.2) is 17.5 Å². The summed E-state index contributed by atoms with van der Waals surface area (Å²) in [6.07, 6.45) is 1.21.